The summed E-state index contributed by atoms with van der Waals surface area (Å²) in [7, 11) is 1.64. The van der Waals surface area contributed by atoms with E-state index in [0.717, 1.165) is 23.3 Å². The third-order valence-electron chi connectivity index (χ3n) is 2.62. The molecule has 2 aromatic rings. The van der Waals surface area contributed by atoms with E-state index in [2.05, 4.69) is 10.3 Å². The van der Waals surface area contributed by atoms with Gasteiger partial charge >= 0.3 is 0 Å². The minimum atomic E-state index is 0.561. The Bertz CT molecular complexity index is 524. The number of ether oxygens (including phenoxy) is 1. The summed E-state index contributed by atoms with van der Waals surface area (Å²) in [5.41, 5.74) is 2.46. The van der Waals surface area contributed by atoms with E-state index in [1.165, 1.54) is 0 Å². The summed E-state index contributed by atoms with van der Waals surface area (Å²) in [6, 6.07) is 9.56. The molecule has 0 amide bonds. The molecule has 0 unspecified atom stereocenters. The van der Waals surface area contributed by atoms with E-state index in [0.29, 0.717) is 12.1 Å². The molecular weight excluding hydrogens is 228 g/mol. The summed E-state index contributed by atoms with van der Waals surface area (Å²) in [6.07, 6.45) is 4.00. The molecule has 1 heterocycles. The van der Waals surface area contributed by atoms with Crippen LogP contribution < -0.4 is 10.1 Å². The molecule has 0 radical (unpaired) electrons. The van der Waals surface area contributed by atoms with Crippen LogP contribution in [0.4, 0.5) is 5.69 Å². The molecule has 1 aromatic heterocycles. The number of carbonyl (C=O) groups is 1. The molecule has 0 aliphatic heterocycles. The SMILES string of the molecule is COc1ccc(CNc2ccncc2C=O)cc1. The van der Waals surface area contributed by atoms with Gasteiger partial charge in [-0.15, -0.1) is 0 Å². The number of nitrogens with one attached hydrogen (secondary N) is 1. The van der Waals surface area contributed by atoms with Crippen molar-refractivity contribution in [2.24, 2.45) is 0 Å². The van der Waals surface area contributed by atoms with Crippen molar-refractivity contribution in [2.45, 2.75) is 6.54 Å². The van der Waals surface area contributed by atoms with Crippen LogP contribution in [0.5, 0.6) is 5.75 Å². The molecule has 4 nitrogen and oxygen atoms in total. The lowest BCUT2D eigenvalue weighted by atomic mass is 10.2. The minimum absolute atomic E-state index is 0.561. The number of pyridine rings is 1. The zero-order valence-corrected chi connectivity index (χ0v) is 10.1. The van der Waals surface area contributed by atoms with Gasteiger partial charge in [0.2, 0.25) is 0 Å². The van der Waals surface area contributed by atoms with Crippen LogP contribution in [-0.4, -0.2) is 18.4 Å². The fourth-order valence-corrected chi connectivity index (χ4v) is 1.60. The third-order valence-corrected chi connectivity index (χ3v) is 2.62. The van der Waals surface area contributed by atoms with Gasteiger partial charge in [0.05, 0.1) is 12.7 Å². The van der Waals surface area contributed by atoms with E-state index in [9.17, 15) is 4.79 Å². The molecule has 0 saturated carbocycles. The van der Waals surface area contributed by atoms with Crippen molar-refractivity contribution in [1.29, 1.82) is 0 Å². The Morgan fingerprint density at radius 2 is 2.06 bits per heavy atom. The van der Waals surface area contributed by atoms with Crippen LogP contribution in [0.3, 0.4) is 0 Å². The number of hydrogen-bond acceptors (Lipinski definition) is 4. The zero-order chi connectivity index (χ0) is 12.8. The van der Waals surface area contributed by atoms with Gasteiger partial charge in [0.15, 0.2) is 6.29 Å². The number of aromatic nitrogens is 1. The van der Waals surface area contributed by atoms with Crippen molar-refractivity contribution in [1.82, 2.24) is 4.98 Å². The summed E-state index contributed by atoms with van der Waals surface area (Å²) in [6.45, 7) is 0.648. The highest BCUT2D eigenvalue weighted by Gasteiger charge is 2.00. The van der Waals surface area contributed by atoms with Crippen molar-refractivity contribution in [3.8, 4) is 5.75 Å². The number of benzene rings is 1. The lowest BCUT2D eigenvalue weighted by Crippen LogP contribution is -2.02. The molecule has 2 rings (SSSR count). The van der Waals surface area contributed by atoms with Crippen LogP contribution in [0, 0.1) is 0 Å². The molecule has 0 spiro atoms. The van der Waals surface area contributed by atoms with Crippen molar-refractivity contribution < 1.29 is 9.53 Å². The molecule has 0 aliphatic carbocycles. The molecular formula is C14H14N2O2. The maximum atomic E-state index is 10.8. The summed E-state index contributed by atoms with van der Waals surface area (Å²) >= 11 is 0. The fourth-order valence-electron chi connectivity index (χ4n) is 1.60. The number of methoxy groups -OCH3 is 1. The number of nitrogens with zero attached hydrogens (tertiary/aromatic N) is 1. The molecule has 92 valence electrons. The van der Waals surface area contributed by atoms with Gasteiger partial charge in [-0.1, -0.05) is 12.1 Å². The summed E-state index contributed by atoms with van der Waals surface area (Å²) in [4.78, 5) is 14.7. The average molecular weight is 242 g/mol. The Hall–Kier alpha value is -2.36. The minimum Gasteiger partial charge on any atom is -0.497 e. The van der Waals surface area contributed by atoms with Crippen molar-refractivity contribution in [3.63, 3.8) is 0 Å². The number of anilines is 1. The summed E-state index contributed by atoms with van der Waals surface area (Å²) in [5.74, 6) is 0.830. The number of aldehydes is 1. The van der Waals surface area contributed by atoms with E-state index in [1.54, 1.807) is 25.6 Å². The largest absolute Gasteiger partial charge is 0.497 e. The van der Waals surface area contributed by atoms with E-state index in [-0.39, 0.29) is 0 Å². The van der Waals surface area contributed by atoms with Gasteiger partial charge in [-0.2, -0.15) is 0 Å². The van der Waals surface area contributed by atoms with Crippen LogP contribution in [0.15, 0.2) is 42.7 Å². The van der Waals surface area contributed by atoms with Crippen molar-refractivity contribution in [3.05, 3.63) is 53.9 Å². The normalized spacial score (nSPS) is 9.83. The maximum absolute atomic E-state index is 10.8. The van der Waals surface area contributed by atoms with Crippen molar-refractivity contribution >= 4 is 12.0 Å². The first-order valence-electron chi connectivity index (χ1n) is 5.59. The van der Waals surface area contributed by atoms with Gasteiger partial charge in [0.1, 0.15) is 5.75 Å². The second kappa shape index (κ2) is 5.82. The van der Waals surface area contributed by atoms with E-state index in [4.69, 9.17) is 4.74 Å². The molecule has 0 bridgehead atoms. The maximum Gasteiger partial charge on any atom is 0.153 e. The van der Waals surface area contributed by atoms with E-state index in [1.807, 2.05) is 24.3 Å². The smallest absolute Gasteiger partial charge is 0.153 e. The van der Waals surface area contributed by atoms with E-state index < -0.39 is 0 Å². The molecule has 1 aromatic carbocycles. The Kier molecular flexibility index (Phi) is 3.91. The second-order valence-corrected chi connectivity index (χ2v) is 3.78. The van der Waals surface area contributed by atoms with Crippen LogP contribution in [-0.2, 0) is 6.54 Å². The van der Waals surface area contributed by atoms with Gasteiger partial charge in [0, 0.05) is 24.6 Å². The standard InChI is InChI=1S/C14H14N2O2/c1-18-13-4-2-11(3-5-13)8-16-14-6-7-15-9-12(14)10-17/h2-7,9-10H,8H2,1H3,(H,15,16). The first-order valence-corrected chi connectivity index (χ1v) is 5.59. The van der Waals surface area contributed by atoms with Crippen LogP contribution in [0.1, 0.15) is 15.9 Å². The Labute approximate surface area is 106 Å². The van der Waals surface area contributed by atoms with Gasteiger partial charge < -0.3 is 10.1 Å². The predicted octanol–water partition coefficient (Wildman–Crippen LogP) is 2.51. The first kappa shape index (κ1) is 12.1. The van der Waals surface area contributed by atoms with Crippen LogP contribution >= 0.6 is 0 Å². The van der Waals surface area contributed by atoms with E-state index >= 15 is 0 Å². The van der Waals surface area contributed by atoms with Crippen LogP contribution in [0.2, 0.25) is 0 Å². The highest BCUT2D eigenvalue weighted by molar-refractivity contribution is 5.83. The zero-order valence-electron chi connectivity index (χ0n) is 10.1. The third kappa shape index (κ3) is 2.85. The Morgan fingerprint density at radius 1 is 1.28 bits per heavy atom. The topological polar surface area (TPSA) is 51.2 Å². The fraction of sp³-hybridized carbons (Fsp3) is 0.143. The first-order chi connectivity index (χ1) is 8.83. The molecule has 0 atom stereocenters. The van der Waals surface area contributed by atoms with Gasteiger partial charge in [0.25, 0.3) is 0 Å². The number of hydrogen-bond donors (Lipinski definition) is 1. The van der Waals surface area contributed by atoms with Crippen molar-refractivity contribution in [2.75, 3.05) is 12.4 Å². The quantitative estimate of drug-likeness (QED) is 0.818. The lowest BCUT2D eigenvalue weighted by Gasteiger charge is -2.08. The molecule has 0 saturated heterocycles. The Morgan fingerprint density at radius 3 is 2.72 bits per heavy atom. The predicted molar refractivity (Wildman–Crippen MR) is 69.9 cm³/mol. The number of carbonyl (C=O) groups excluding carboxylic acids is 1. The van der Waals surface area contributed by atoms with Crippen LogP contribution in [0.25, 0.3) is 0 Å². The molecule has 1 N–H and O–H groups in total. The number of rotatable bonds is 5. The molecule has 18 heavy (non-hydrogen) atoms. The van der Waals surface area contributed by atoms with Gasteiger partial charge in [-0.05, 0) is 23.8 Å². The summed E-state index contributed by atoms with van der Waals surface area (Å²) in [5, 5.41) is 3.21. The average Bonchev–Trinajstić information content (AvgIpc) is 2.46. The monoisotopic (exact) mass is 242 g/mol. The van der Waals surface area contributed by atoms with Gasteiger partial charge in [-0.25, -0.2) is 0 Å². The molecule has 0 aliphatic rings. The molecule has 4 heteroatoms. The molecule has 0 fully saturated rings. The second-order valence-electron chi connectivity index (χ2n) is 3.78. The highest BCUT2D eigenvalue weighted by Crippen LogP contribution is 2.15. The van der Waals surface area contributed by atoms with Gasteiger partial charge in [-0.3, -0.25) is 9.78 Å². The summed E-state index contributed by atoms with van der Waals surface area (Å²) < 4.78 is 5.09. The lowest BCUT2D eigenvalue weighted by molar-refractivity contribution is 0.112. The Balaban J connectivity index is 2.04. The highest BCUT2D eigenvalue weighted by atomic mass is 16.5.